The molecule has 134 valence electrons. The number of aromatic nitrogens is 1. The minimum Gasteiger partial charge on any atom is -0.481 e. The van der Waals surface area contributed by atoms with Crippen LogP contribution in [0.25, 0.3) is 12.2 Å². The molecule has 2 aromatic rings. The Hall–Kier alpha value is -1.91. The zero-order valence-electron chi connectivity index (χ0n) is 16.2. The van der Waals surface area contributed by atoms with E-state index in [1.165, 1.54) is 0 Å². The van der Waals surface area contributed by atoms with Gasteiger partial charge in [-0.1, -0.05) is 63.3 Å². The number of hydrogen-bond acceptors (Lipinski definition) is 3. The molecule has 25 heavy (non-hydrogen) atoms. The molecule has 0 aliphatic carbocycles. The van der Waals surface area contributed by atoms with Gasteiger partial charge in [0.15, 0.2) is 8.32 Å². The Labute approximate surface area is 152 Å². The van der Waals surface area contributed by atoms with Gasteiger partial charge in [-0.2, -0.15) is 0 Å². The molecule has 1 heterocycles. The highest BCUT2D eigenvalue weighted by Crippen LogP contribution is 2.37. The molecule has 0 N–H and O–H groups in total. The van der Waals surface area contributed by atoms with Crippen LogP contribution in [0.1, 0.15) is 37.5 Å². The molecule has 0 aliphatic heterocycles. The number of benzene rings is 1. The number of pyridine rings is 1. The van der Waals surface area contributed by atoms with Crippen LogP contribution in [0.4, 0.5) is 0 Å². The first-order valence-corrected chi connectivity index (χ1v) is 11.5. The van der Waals surface area contributed by atoms with Crippen LogP contribution in [-0.2, 0) is 11.0 Å². The van der Waals surface area contributed by atoms with Crippen molar-refractivity contribution in [3.05, 3.63) is 59.3 Å². The lowest BCUT2D eigenvalue weighted by atomic mass is 10.1. The van der Waals surface area contributed by atoms with Crippen molar-refractivity contribution < 1.29 is 9.16 Å². The smallest absolute Gasteiger partial charge is 0.219 e. The standard InChI is InChI=1S/C21H29NO2Si/c1-21(2,3)25(5,6)24-16-19-18(14-15-22-20(19)23-4)13-12-17-10-8-7-9-11-17/h7-15H,16H2,1-6H3/b13-12+. The van der Waals surface area contributed by atoms with Crippen LogP contribution in [0.15, 0.2) is 42.6 Å². The Morgan fingerprint density at radius 2 is 1.72 bits per heavy atom. The maximum absolute atomic E-state index is 6.40. The van der Waals surface area contributed by atoms with Crippen molar-refractivity contribution >= 4 is 20.5 Å². The van der Waals surface area contributed by atoms with Gasteiger partial charge in [-0.15, -0.1) is 0 Å². The van der Waals surface area contributed by atoms with E-state index in [1.807, 2.05) is 24.3 Å². The number of nitrogens with zero attached hydrogens (tertiary/aromatic N) is 1. The molecule has 0 aliphatic rings. The van der Waals surface area contributed by atoms with E-state index in [1.54, 1.807) is 13.3 Å². The molecule has 0 fully saturated rings. The molecule has 0 radical (unpaired) electrons. The number of ether oxygens (including phenoxy) is 1. The van der Waals surface area contributed by atoms with Gasteiger partial charge >= 0.3 is 0 Å². The van der Waals surface area contributed by atoms with Crippen LogP contribution in [0.5, 0.6) is 5.88 Å². The summed E-state index contributed by atoms with van der Waals surface area (Å²) in [4.78, 5) is 4.35. The van der Waals surface area contributed by atoms with Gasteiger partial charge in [-0.3, -0.25) is 0 Å². The van der Waals surface area contributed by atoms with Gasteiger partial charge in [-0.05, 0) is 35.3 Å². The first-order chi connectivity index (χ1) is 11.7. The zero-order chi connectivity index (χ0) is 18.5. The van der Waals surface area contributed by atoms with Crippen LogP contribution in [0.3, 0.4) is 0 Å². The van der Waals surface area contributed by atoms with Crippen LogP contribution in [-0.4, -0.2) is 20.4 Å². The van der Waals surface area contributed by atoms with Gasteiger partial charge in [0.1, 0.15) is 0 Å². The third kappa shape index (κ3) is 5.03. The highest BCUT2D eigenvalue weighted by atomic mass is 28.4. The lowest BCUT2D eigenvalue weighted by molar-refractivity contribution is 0.267. The van der Waals surface area contributed by atoms with E-state index in [0.29, 0.717) is 12.5 Å². The molecule has 1 aromatic carbocycles. The maximum atomic E-state index is 6.40. The summed E-state index contributed by atoms with van der Waals surface area (Å²) in [5.41, 5.74) is 3.24. The lowest BCUT2D eigenvalue weighted by Crippen LogP contribution is -2.40. The molecule has 4 heteroatoms. The van der Waals surface area contributed by atoms with E-state index in [-0.39, 0.29) is 5.04 Å². The Kier molecular flexibility index (Phi) is 6.19. The van der Waals surface area contributed by atoms with E-state index in [0.717, 1.165) is 16.7 Å². The Balaban J connectivity index is 2.28. The second kappa shape index (κ2) is 7.98. The van der Waals surface area contributed by atoms with Crippen molar-refractivity contribution in [2.24, 2.45) is 0 Å². The van der Waals surface area contributed by atoms with Crippen molar-refractivity contribution in [2.45, 2.75) is 45.5 Å². The lowest BCUT2D eigenvalue weighted by Gasteiger charge is -2.36. The van der Waals surface area contributed by atoms with Crippen molar-refractivity contribution in [1.29, 1.82) is 0 Å². The average Bonchev–Trinajstić information content (AvgIpc) is 2.58. The minimum absolute atomic E-state index is 0.169. The summed E-state index contributed by atoms with van der Waals surface area (Å²) < 4.78 is 11.9. The molecule has 0 bridgehead atoms. The summed E-state index contributed by atoms with van der Waals surface area (Å²) in [6.45, 7) is 11.8. The molecule has 2 rings (SSSR count). The molecule has 0 atom stereocenters. The predicted molar refractivity (Wildman–Crippen MR) is 108 cm³/mol. The van der Waals surface area contributed by atoms with Gasteiger partial charge in [0, 0.05) is 11.8 Å². The quantitative estimate of drug-likeness (QED) is 0.615. The van der Waals surface area contributed by atoms with Gasteiger partial charge in [-0.25, -0.2) is 4.98 Å². The minimum atomic E-state index is -1.84. The summed E-state index contributed by atoms with van der Waals surface area (Å²) in [5, 5.41) is 0.169. The molecular weight excluding hydrogens is 326 g/mol. The molecule has 0 amide bonds. The van der Waals surface area contributed by atoms with E-state index in [4.69, 9.17) is 9.16 Å². The summed E-state index contributed by atoms with van der Waals surface area (Å²) in [7, 11) is -0.185. The maximum Gasteiger partial charge on any atom is 0.219 e. The van der Waals surface area contributed by atoms with Crippen LogP contribution in [0, 0.1) is 0 Å². The van der Waals surface area contributed by atoms with E-state index >= 15 is 0 Å². The normalized spacial score (nSPS) is 12.6. The van der Waals surface area contributed by atoms with Crippen LogP contribution >= 0.6 is 0 Å². The van der Waals surface area contributed by atoms with Crippen molar-refractivity contribution in [1.82, 2.24) is 4.98 Å². The fourth-order valence-corrected chi connectivity index (χ4v) is 3.12. The summed E-state index contributed by atoms with van der Waals surface area (Å²) in [6.07, 6.45) is 5.98. The summed E-state index contributed by atoms with van der Waals surface area (Å²) >= 11 is 0. The third-order valence-corrected chi connectivity index (χ3v) is 9.36. The van der Waals surface area contributed by atoms with Crippen LogP contribution < -0.4 is 4.74 Å². The molecule has 0 unspecified atom stereocenters. The monoisotopic (exact) mass is 355 g/mol. The SMILES string of the molecule is COc1nccc(/C=C/c2ccccc2)c1CO[Si](C)(C)C(C)(C)C. The molecule has 0 saturated heterocycles. The molecule has 0 spiro atoms. The van der Waals surface area contributed by atoms with Crippen molar-refractivity contribution in [2.75, 3.05) is 7.11 Å². The van der Waals surface area contributed by atoms with E-state index < -0.39 is 8.32 Å². The van der Waals surface area contributed by atoms with E-state index in [2.05, 4.69) is 63.1 Å². The fourth-order valence-electron chi connectivity index (χ4n) is 2.18. The third-order valence-electron chi connectivity index (χ3n) is 4.88. The molecule has 1 aromatic heterocycles. The Morgan fingerprint density at radius 3 is 2.32 bits per heavy atom. The average molecular weight is 356 g/mol. The molecule has 3 nitrogen and oxygen atoms in total. The first-order valence-electron chi connectivity index (χ1n) is 8.63. The zero-order valence-corrected chi connectivity index (χ0v) is 17.2. The second-order valence-electron chi connectivity index (χ2n) is 7.68. The molecular formula is C21H29NO2Si. The predicted octanol–water partition coefficient (Wildman–Crippen LogP) is 5.78. The topological polar surface area (TPSA) is 31.4 Å². The fraction of sp³-hybridized carbons (Fsp3) is 0.381. The Morgan fingerprint density at radius 1 is 1.04 bits per heavy atom. The van der Waals surface area contributed by atoms with Crippen molar-refractivity contribution in [3.8, 4) is 5.88 Å². The second-order valence-corrected chi connectivity index (χ2v) is 12.5. The summed E-state index contributed by atoms with van der Waals surface area (Å²) in [6, 6.07) is 12.3. The Bertz CT molecular complexity index is 718. The number of rotatable bonds is 6. The van der Waals surface area contributed by atoms with Crippen molar-refractivity contribution in [3.63, 3.8) is 0 Å². The van der Waals surface area contributed by atoms with Crippen LogP contribution in [0.2, 0.25) is 18.1 Å². The van der Waals surface area contributed by atoms with Gasteiger partial charge < -0.3 is 9.16 Å². The van der Waals surface area contributed by atoms with Gasteiger partial charge in [0.2, 0.25) is 5.88 Å². The summed E-state index contributed by atoms with van der Waals surface area (Å²) in [5.74, 6) is 0.633. The van der Waals surface area contributed by atoms with Gasteiger partial charge in [0.05, 0.1) is 13.7 Å². The number of methoxy groups -OCH3 is 1. The largest absolute Gasteiger partial charge is 0.481 e. The first kappa shape index (κ1) is 19.4. The highest BCUT2D eigenvalue weighted by Gasteiger charge is 2.37. The van der Waals surface area contributed by atoms with E-state index in [9.17, 15) is 0 Å². The van der Waals surface area contributed by atoms with Gasteiger partial charge in [0.25, 0.3) is 0 Å². The highest BCUT2D eigenvalue weighted by molar-refractivity contribution is 6.74. The number of hydrogen-bond donors (Lipinski definition) is 0. The molecule has 0 saturated carbocycles.